The Kier molecular flexibility index (Phi) is 3.19. The second-order valence-electron chi connectivity index (χ2n) is 4.35. The molecule has 0 aromatic carbocycles. The first-order chi connectivity index (χ1) is 7.70. The number of pyridine rings is 1. The molecule has 2 rings (SSSR count). The summed E-state index contributed by atoms with van der Waals surface area (Å²) >= 11 is 0. The van der Waals surface area contributed by atoms with Gasteiger partial charge in [0.2, 0.25) is 0 Å². The zero-order valence-corrected chi connectivity index (χ0v) is 9.34. The molecular formula is C12H16N2O2. The van der Waals surface area contributed by atoms with Crippen molar-refractivity contribution in [1.29, 1.82) is 0 Å². The average molecular weight is 220 g/mol. The number of carbonyl (C=O) groups excluding carboxylic acids is 1. The third-order valence-corrected chi connectivity index (χ3v) is 3.09. The smallest absolute Gasteiger partial charge is 0.151 e. The molecule has 1 N–H and O–H groups in total. The van der Waals surface area contributed by atoms with Gasteiger partial charge in [0.25, 0.3) is 0 Å². The van der Waals surface area contributed by atoms with Gasteiger partial charge in [0.05, 0.1) is 6.10 Å². The summed E-state index contributed by atoms with van der Waals surface area (Å²) in [6.07, 6.45) is 2.95. The maximum atomic E-state index is 10.5. The third-order valence-electron chi connectivity index (χ3n) is 3.09. The highest BCUT2D eigenvalue weighted by Gasteiger charge is 2.24. The van der Waals surface area contributed by atoms with E-state index in [4.69, 9.17) is 0 Å². The topological polar surface area (TPSA) is 53.4 Å². The van der Waals surface area contributed by atoms with Gasteiger partial charge in [-0.15, -0.1) is 0 Å². The maximum Gasteiger partial charge on any atom is 0.151 e. The fraction of sp³-hybridized carbons (Fsp3) is 0.500. The molecule has 2 atom stereocenters. The molecule has 4 heteroatoms. The van der Waals surface area contributed by atoms with Crippen LogP contribution in [-0.2, 0) is 0 Å². The fourth-order valence-corrected chi connectivity index (χ4v) is 2.00. The van der Waals surface area contributed by atoms with Crippen LogP contribution in [0.3, 0.4) is 0 Å². The number of aliphatic hydroxyl groups excluding tert-OH is 1. The Hall–Kier alpha value is -1.42. The Morgan fingerprint density at radius 3 is 2.94 bits per heavy atom. The molecular weight excluding hydrogens is 204 g/mol. The van der Waals surface area contributed by atoms with Gasteiger partial charge in [-0.1, -0.05) is 6.92 Å². The number of rotatable bonds is 2. The Morgan fingerprint density at radius 1 is 1.56 bits per heavy atom. The first-order valence-corrected chi connectivity index (χ1v) is 5.55. The second kappa shape index (κ2) is 4.61. The molecule has 1 aromatic rings. The third kappa shape index (κ3) is 2.22. The molecule has 2 unspecified atom stereocenters. The Labute approximate surface area is 94.9 Å². The molecule has 16 heavy (non-hydrogen) atoms. The van der Waals surface area contributed by atoms with E-state index in [1.54, 1.807) is 12.3 Å². The van der Waals surface area contributed by atoms with E-state index in [0.717, 1.165) is 31.6 Å². The molecule has 1 fully saturated rings. The fourth-order valence-electron chi connectivity index (χ4n) is 2.00. The second-order valence-corrected chi connectivity index (χ2v) is 4.35. The summed E-state index contributed by atoms with van der Waals surface area (Å²) in [7, 11) is 0. The minimum Gasteiger partial charge on any atom is -0.393 e. The Bertz CT molecular complexity index is 364. The molecule has 0 spiro atoms. The minimum absolute atomic E-state index is 0.203. The van der Waals surface area contributed by atoms with E-state index >= 15 is 0 Å². The number of anilines is 1. The van der Waals surface area contributed by atoms with Crippen LogP contribution >= 0.6 is 0 Å². The van der Waals surface area contributed by atoms with Crippen LogP contribution < -0.4 is 4.90 Å². The van der Waals surface area contributed by atoms with Crippen LogP contribution in [0.15, 0.2) is 18.3 Å². The predicted octanol–water partition coefficient (Wildman–Crippen LogP) is 1.10. The molecule has 0 radical (unpaired) electrons. The number of aldehydes is 1. The van der Waals surface area contributed by atoms with Gasteiger partial charge < -0.3 is 10.0 Å². The van der Waals surface area contributed by atoms with Gasteiger partial charge in [-0.3, -0.25) is 4.79 Å². The highest BCUT2D eigenvalue weighted by atomic mass is 16.3. The number of aromatic nitrogens is 1. The highest BCUT2D eigenvalue weighted by molar-refractivity contribution is 5.74. The van der Waals surface area contributed by atoms with Crippen LogP contribution in [0.4, 0.5) is 5.82 Å². The van der Waals surface area contributed by atoms with Gasteiger partial charge in [0.1, 0.15) is 5.82 Å². The van der Waals surface area contributed by atoms with Crippen LogP contribution in [0.2, 0.25) is 0 Å². The summed E-state index contributed by atoms with van der Waals surface area (Å²) in [5.74, 6) is 1.14. The summed E-state index contributed by atoms with van der Waals surface area (Å²) < 4.78 is 0. The van der Waals surface area contributed by atoms with Crippen LogP contribution in [0.1, 0.15) is 23.7 Å². The maximum absolute atomic E-state index is 10.5. The molecule has 1 aliphatic heterocycles. The number of aliphatic hydroxyl groups is 1. The normalized spacial score (nSPS) is 25.5. The number of hydrogen-bond acceptors (Lipinski definition) is 4. The number of piperidine rings is 1. The quantitative estimate of drug-likeness (QED) is 0.758. The zero-order chi connectivity index (χ0) is 11.5. The van der Waals surface area contributed by atoms with Crippen molar-refractivity contribution in [3.8, 4) is 0 Å². The van der Waals surface area contributed by atoms with Crippen LogP contribution in [-0.4, -0.2) is 35.6 Å². The van der Waals surface area contributed by atoms with Crippen molar-refractivity contribution in [1.82, 2.24) is 4.98 Å². The summed E-state index contributed by atoms with van der Waals surface area (Å²) in [6, 6.07) is 3.62. The van der Waals surface area contributed by atoms with Gasteiger partial charge in [0, 0.05) is 24.8 Å². The standard InChI is InChI=1S/C12H16N2O2/c1-9-7-14(5-4-11(9)16)12-3-2-10(8-15)6-13-12/h2-3,6,8-9,11,16H,4-5,7H2,1H3. The van der Waals surface area contributed by atoms with Gasteiger partial charge in [0.15, 0.2) is 6.29 Å². The first-order valence-electron chi connectivity index (χ1n) is 5.55. The summed E-state index contributed by atoms with van der Waals surface area (Å²) in [5, 5.41) is 9.63. The summed E-state index contributed by atoms with van der Waals surface area (Å²) in [5.41, 5.74) is 0.592. The molecule has 2 heterocycles. The number of hydrogen-bond donors (Lipinski definition) is 1. The molecule has 1 aliphatic rings. The van der Waals surface area contributed by atoms with Crippen molar-refractivity contribution in [2.24, 2.45) is 5.92 Å². The van der Waals surface area contributed by atoms with Crippen LogP contribution in [0.25, 0.3) is 0 Å². The molecule has 0 saturated carbocycles. The molecule has 1 aromatic heterocycles. The van der Waals surface area contributed by atoms with Gasteiger partial charge >= 0.3 is 0 Å². The van der Waals surface area contributed by atoms with Crippen LogP contribution in [0.5, 0.6) is 0 Å². The molecule has 4 nitrogen and oxygen atoms in total. The highest BCUT2D eigenvalue weighted by Crippen LogP contribution is 2.21. The van der Waals surface area contributed by atoms with E-state index < -0.39 is 0 Å². The first kappa shape index (κ1) is 11.1. The van der Waals surface area contributed by atoms with Crippen molar-refractivity contribution >= 4 is 12.1 Å². The minimum atomic E-state index is -0.203. The predicted molar refractivity (Wildman–Crippen MR) is 61.6 cm³/mol. The van der Waals surface area contributed by atoms with Crippen molar-refractivity contribution in [2.45, 2.75) is 19.4 Å². The monoisotopic (exact) mass is 220 g/mol. The molecule has 0 aliphatic carbocycles. The van der Waals surface area contributed by atoms with E-state index in [1.807, 2.05) is 13.0 Å². The number of nitrogens with zero attached hydrogens (tertiary/aromatic N) is 2. The van der Waals surface area contributed by atoms with Gasteiger partial charge in [-0.25, -0.2) is 4.98 Å². The Balaban J connectivity index is 2.09. The van der Waals surface area contributed by atoms with Crippen molar-refractivity contribution < 1.29 is 9.90 Å². The van der Waals surface area contributed by atoms with Crippen LogP contribution in [0, 0.1) is 5.92 Å². The lowest BCUT2D eigenvalue weighted by Crippen LogP contribution is -2.42. The zero-order valence-electron chi connectivity index (χ0n) is 9.34. The van der Waals surface area contributed by atoms with E-state index in [0.29, 0.717) is 5.56 Å². The average Bonchev–Trinajstić information content (AvgIpc) is 2.33. The van der Waals surface area contributed by atoms with E-state index in [2.05, 4.69) is 9.88 Å². The lowest BCUT2D eigenvalue weighted by Gasteiger charge is -2.35. The summed E-state index contributed by atoms with van der Waals surface area (Å²) in [4.78, 5) is 16.9. The SMILES string of the molecule is CC1CN(c2ccc(C=O)cn2)CCC1O. The van der Waals surface area contributed by atoms with E-state index in [1.165, 1.54) is 0 Å². The molecule has 1 saturated heterocycles. The molecule has 0 bridgehead atoms. The molecule has 0 amide bonds. The van der Waals surface area contributed by atoms with E-state index in [9.17, 15) is 9.90 Å². The molecule has 86 valence electrons. The van der Waals surface area contributed by atoms with Crippen molar-refractivity contribution in [3.05, 3.63) is 23.9 Å². The largest absolute Gasteiger partial charge is 0.393 e. The van der Waals surface area contributed by atoms with E-state index in [-0.39, 0.29) is 12.0 Å². The van der Waals surface area contributed by atoms with Crippen molar-refractivity contribution in [3.63, 3.8) is 0 Å². The summed E-state index contributed by atoms with van der Waals surface area (Å²) in [6.45, 7) is 3.67. The van der Waals surface area contributed by atoms with Gasteiger partial charge in [-0.05, 0) is 24.5 Å². The van der Waals surface area contributed by atoms with Gasteiger partial charge in [-0.2, -0.15) is 0 Å². The lowest BCUT2D eigenvalue weighted by atomic mass is 9.97. The van der Waals surface area contributed by atoms with Crippen molar-refractivity contribution in [2.75, 3.05) is 18.0 Å². The number of carbonyl (C=O) groups is 1. The lowest BCUT2D eigenvalue weighted by molar-refractivity contribution is 0.0969. The Morgan fingerprint density at radius 2 is 2.38 bits per heavy atom.